The second-order valence-electron chi connectivity index (χ2n) is 9.35. The van der Waals surface area contributed by atoms with Crippen LogP contribution in [0.15, 0.2) is 46.9 Å². The van der Waals surface area contributed by atoms with Crippen molar-refractivity contribution in [2.75, 3.05) is 46.1 Å². The smallest absolute Gasteiger partial charge is 0.231 e. The number of carbonyl (C=O) groups is 1. The van der Waals surface area contributed by atoms with Gasteiger partial charge in [-0.2, -0.15) is 0 Å². The number of fused-ring (bicyclic) bond motifs is 1. The molecule has 0 aromatic heterocycles. The molecule has 1 amide bonds. The molecule has 2 aromatic rings. The zero-order valence-electron chi connectivity index (χ0n) is 19.6. The average molecular weight is 565 g/mol. The minimum absolute atomic E-state index is 0.00970. The number of piperidine rings is 1. The summed E-state index contributed by atoms with van der Waals surface area (Å²) in [6.45, 7) is 4.93. The van der Waals surface area contributed by atoms with E-state index >= 15 is 0 Å². The van der Waals surface area contributed by atoms with Crippen molar-refractivity contribution >= 4 is 31.9 Å². The first-order valence-corrected chi connectivity index (χ1v) is 14.4. The van der Waals surface area contributed by atoms with Crippen molar-refractivity contribution in [2.24, 2.45) is 5.92 Å². The third-order valence-electron chi connectivity index (χ3n) is 6.99. The summed E-state index contributed by atoms with van der Waals surface area (Å²) in [6, 6.07) is 13.4. The van der Waals surface area contributed by atoms with Crippen molar-refractivity contribution in [3.63, 3.8) is 0 Å². The first kappa shape index (κ1) is 24.5. The van der Waals surface area contributed by atoms with Crippen LogP contribution < -0.4 is 9.47 Å². The van der Waals surface area contributed by atoms with Gasteiger partial charge in [0.1, 0.15) is 0 Å². The van der Waals surface area contributed by atoms with Gasteiger partial charge in [-0.25, -0.2) is 12.7 Å². The maximum atomic E-state index is 13.1. The highest BCUT2D eigenvalue weighted by Gasteiger charge is 2.34. The van der Waals surface area contributed by atoms with Crippen molar-refractivity contribution in [1.82, 2.24) is 14.1 Å². The highest BCUT2D eigenvalue weighted by atomic mass is 79.9. The predicted octanol–water partition coefficient (Wildman–Crippen LogP) is 3.06. The van der Waals surface area contributed by atoms with Crippen LogP contribution in [0.2, 0.25) is 0 Å². The monoisotopic (exact) mass is 563 g/mol. The Labute approximate surface area is 215 Å². The van der Waals surface area contributed by atoms with Crippen LogP contribution in [0, 0.1) is 5.92 Å². The summed E-state index contributed by atoms with van der Waals surface area (Å²) in [5, 5.41) is 0. The third-order valence-corrected chi connectivity index (χ3v) is 9.36. The van der Waals surface area contributed by atoms with Crippen molar-refractivity contribution in [3.8, 4) is 11.5 Å². The highest BCUT2D eigenvalue weighted by molar-refractivity contribution is 9.10. The molecule has 0 bridgehead atoms. The molecular weight excluding hydrogens is 534 g/mol. The molecule has 0 spiro atoms. The van der Waals surface area contributed by atoms with Gasteiger partial charge in [0.15, 0.2) is 11.5 Å². The van der Waals surface area contributed by atoms with E-state index in [0.29, 0.717) is 39.0 Å². The number of nitrogens with zero attached hydrogens (tertiary/aromatic N) is 3. The van der Waals surface area contributed by atoms with Crippen LogP contribution in [0.4, 0.5) is 0 Å². The van der Waals surface area contributed by atoms with Gasteiger partial charge in [-0.05, 0) is 48.2 Å². The normalized spacial score (nSPS) is 19.7. The molecule has 0 unspecified atom stereocenters. The largest absolute Gasteiger partial charge is 0.454 e. The molecule has 35 heavy (non-hydrogen) atoms. The lowest BCUT2D eigenvalue weighted by Crippen LogP contribution is -2.51. The average Bonchev–Trinajstić information content (AvgIpc) is 3.33. The van der Waals surface area contributed by atoms with Crippen molar-refractivity contribution in [1.29, 1.82) is 0 Å². The van der Waals surface area contributed by atoms with Gasteiger partial charge in [-0.1, -0.05) is 34.1 Å². The van der Waals surface area contributed by atoms with Crippen LogP contribution in [0.1, 0.15) is 24.0 Å². The fourth-order valence-corrected chi connectivity index (χ4v) is 6.77. The Morgan fingerprint density at radius 3 is 2.26 bits per heavy atom. The molecule has 3 heterocycles. The van der Waals surface area contributed by atoms with Gasteiger partial charge >= 0.3 is 0 Å². The van der Waals surface area contributed by atoms with Crippen LogP contribution in [-0.2, 0) is 27.1 Å². The third kappa shape index (κ3) is 5.82. The molecule has 10 heteroatoms. The van der Waals surface area contributed by atoms with Gasteiger partial charge in [0.05, 0.1) is 5.75 Å². The zero-order valence-corrected chi connectivity index (χ0v) is 22.0. The van der Waals surface area contributed by atoms with Gasteiger partial charge in [0, 0.05) is 56.2 Å². The minimum Gasteiger partial charge on any atom is -0.454 e. The Hall–Kier alpha value is -2.14. The number of halogens is 1. The number of sulfonamides is 1. The SMILES string of the molecule is O=C(C1CCN(S(=O)(=O)Cc2ccc(Br)cc2)CC1)N1CCN(Cc2ccc3c(c2)OCO3)CC1. The molecule has 0 atom stereocenters. The van der Waals surface area contributed by atoms with E-state index in [2.05, 4.69) is 26.9 Å². The summed E-state index contributed by atoms with van der Waals surface area (Å²) in [5.74, 6) is 1.63. The van der Waals surface area contributed by atoms with Crippen LogP contribution in [0.25, 0.3) is 0 Å². The Kier molecular flexibility index (Phi) is 7.34. The summed E-state index contributed by atoms with van der Waals surface area (Å²) >= 11 is 3.38. The van der Waals surface area contributed by atoms with Gasteiger partial charge in [0.25, 0.3) is 0 Å². The molecule has 0 radical (unpaired) electrons. The van der Waals surface area contributed by atoms with Crippen LogP contribution in [-0.4, -0.2) is 74.5 Å². The quantitative estimate of drug-likeness (QED) is 0.537. The highest BCUT2D eigenvalue weighted by Crippen LogP contribution is 2.33. The molecule has 8 nitrogen and oxygen atoms in total. The van der Waals surface area contributed by atoms with E-state index in [9.17, 15) is 13.2 Å². The molecule has 3 aliphatic heterocycles. The Balaban J connectivity index is 1.08. The summed E-state index contributed by atoms with van der Waals surface area (Å²) in [7, 11) is -3.39. The van der Waals surface area contributed by atoms with Gasteiger partial charge in [-0.3, -0.25) is 9.69 Å². The predicted molar refractivity (Wildman–Crippen MR) is 135 cm³/mol. The number of hydrogen-bond donors (Lipinski definition) is 0. The Morgan fingerprint density at radius 1 is 0.886 bits per heavy atom. The van der Waals surface area contributed by atoms with E-state index in [0.717, 1.165) is 41.2 Å². The van der Waals surface area contributed by atoms with E-state index in [1.165, 1.54) is 5.56 Å². The lowest BCUT2D eigenvalue weighted by molar-refractivity contribution is -0.138. The standard InChI is InChI=1S/C25H30BrN3O5S/c26-22-4-1-19(2-5-22)17-35(31,32)29-9-7-21(8-10-29)25(30)28-13-11-27(12-14-28)16-20-3-6-23-24(15-20)34-18-33-23/h1-6,15,21H,7-14,16-18H2. The first-order chi connectivity index (χ1) is 16.9. The maximum Gasteiger partial charge on any atom is 0.231 e. The Morgan fingerprint density at radius 2 is 1.54 bits per heavy atom. The number of ether oxygens (including phenoxy) is 2. The zero-order chi connectivity index (χ0) is 24.4. The summed E-state index contributed by atoms with van der Waals surface area (Å²) in [5.41, 5.74) is 1.94. The summed E-state index contributed by atoms with van der Waals surface area (Å²) < 4.78 is 39.0. The molecule has 188 valence electrons. The topological polar surface area (TPSA) is 79.4 Å². The van der Waals surface area contributed by atoms with Crippen molar-refractivity contribution in [3.05, 3.63) is 58.1 Å². The van der Waals surface area contributed by atoms with Crippen LogP contribution >= 0.6 is 15.9 Å². The number of piperazine rings is 1. The molecule has 0 saturated carbocycles. The summed E-state index contributed by atoms with van der Waals surface area (Å²) in [6.07, 6.45) is 1.16. The number of carbonyl (C=O) groups excluding carboxylic acids is 1. The maximum absolute atomic E-state index is 13.1. The van der Waals surface area contributed by atoms with Crippen molar-refractivity contribution < 1.29 is 22.7 Å². The first-order valence-electron chi connectivity index (χ1n) is 12.0. The molecule has 3 aliphatic rings. The number of amides is 1. The lowest BCUT2D eigenvalue weighted by Gasteiger charge is -2.38. The molecular formula is C25H30BrN3O5S. The van der Waals surface area contributed by atoms with Crippen LogP contribution in [0.5, 0.6) is 11.5 Å². The lowest BCUT2D eigenvalue weighted by atomic mass is 9.96. The number of benzene rings is 2. The van der Waals surface area contributed by atoms with E-state index in [-0.39, 0.29) is 24.4 Å². The minimum atomic E-state index is -3.39. The molecule has 2 saturated heterocycles. The molecule has 0 N–H and O–H groups in total. The fraction of sp³-hybridized carbons (Fsp3) is 0.480. The number of hydrogen-bond acceptors (Lipinski definition) is 6. The fourth-order valence-electron chi connectivity index (χ4n) is 4.95. The summed E-state index contributed by atoms with van der Waals surface area (Å²) in [4.78, 5) is 17.4. The number of rotatable bonds is 6. The van der Waals surface area contributed by atoms with Gasteiger partial charge in [-0.15, -0.1) is 0 Å². The van der Waals surface area contributed by atoms with Crippen LogP contribution in [0.3, 0.4) is 0 Å². The second kappa shape index (κ2) is 10.5. The van der Waals surface area contributed by atoms with Gasteiger partial charge in [0.2, 0.25) is 22.7 Å². The van der Waals surface area contributed by atoms with E-state index in [4.69, 9.17) is 9.47 Å². The van der Waals surface area contributed by atoms with Gasteiger partial charge < -0.3 is 14.4 Å². The Bertz CT molecular complexity index is 1160. The molecule has 5 rings (SSSR count). The molecule has 2 aromatic carbocycles. The van der Waals surface area contributed by atoms with E-state index in [1.54, 1.807) is 4.31 Å². The molecule has 0 aliphatic carbocycles. The second-order valence-corrected chi connectivity index (χ2v) is 12.2. The van der Waals surface area contributed by atoms with E-state index in [1.807, 2.05) is 41.3 Å². The van der Waals surface area contributed by atoms with Crippen molar-refractivity contribution in [2.45, 2.75) is 25.1 Å². The van der Waals surface area contributed by atoms with E-state index < -0.39 is 10.0 Å². The molecule has 2 fully saturated rings.